The minimum Gasteiger partial charge on any atom is -0.383 e. The van der Waals surface area contributed by atoms with Gasteiger partial charge in [0, 0.05) is 39.1 Å². The predicted octanol–water partition coefficient (Wildman–Crippen LogP) is 4.14. The number of anilines is 2. The fourth-order valence-electron chi connectivity index (χ4n) is 6.45. The van der Waals surface area contributed by atoms with Crippen molar-refractivity contribution >= 4 is 57.3 Å². The zero-order chi connectivity index (χ0) is 33.1. The summed E-state index contributed by atoms with van der Waals surface area (Å²) in [6.07, 6.45) is 5.46. The van der Waals surface area contributed by atoms with Crippen LogP contribution in [0.4, 0.5) is 11.8 Å². The lowest BCUT2D eigenvalue weighted by atomic mass is 10.1. The number of imidazole rings is 2. The van der Waals surface area contributed by atoms with E-state index in [-0.39, 0.29) is 22.4 Å². The molecule has 3 aliphatic rings. The van der Waals surface area contributed by atoms with Crippen LogP contribution in [0.25, 0.3) is 33.7 Å². The number of aromatic nitrogens is 10. The van der Waals surface area contributed by atoms with E-state index in [4.69, 9.17) is 58.1 Å². The van der Waals surface area contributed by atoms with Crippen LogP contribution in [-0.2, 0) is 38.5 Å². The number of methoxy groups -OCH3 is 1. The van der Waals surface area contributed by atoms with Crippen molar-refractivity contribution in [3.63, 3.8) is 0 Å². The molecule has 17 heteroatoms. The van der Waals surface area contributed by atoms with Crippen LogP contribution >= 0.6 is 23.2 Å². The summed E-state index contributed by atoms with van der Waals surface area (Å²) in [4.78, 5) is 37.9. The Bertz CT molecular complexity index is 1960. The topological polar surface area (TPSA) is 170 Å². The standard InChI is InChI=1S/C20H26N8O2.C10H10Cl2N4O/c1-20(2)18-24-14-16(27-6-4-5-13(27)11-29-3)25-15(12-9-22-19(21)23-10-12)26-17(14)28(18)7-8-30-20;1-10(2)8-13-5-6(11)14-9(12)15-7(5)16(8)3-4-17-10/h9-10,13H,4-8,11H2,1-3H3,(H2,21,22,23);3-4H2,1-2H3. The molecule has 0 aromatic carbocycles. The first-order valence-corrected chi connectivity index (χ1v) is 16.2. The van der Waals surface area contributed by atoms with Crippen LogP contribution < -0.4 is 10.6 Å². The zero-order valence-corrected chi connectivity index (χ0v) is 28.4. The Kier molecular flexibility index (Phi) is 8.15. The fourth-order valence-corrected chi connectivity index (χ4v) is 6.86. The summed E-state index contributed by atoms with van der Waals surface area (Å²) in [6, 6.07) is 0.256. The molecule has 1 fully saturated rings. The van der Waals surface area contributed by atoms with Gasteiger partial charge in [0.2, 0.25) is 11.2 Å². The molecule has 15 nitrogen and oxygen atoms in total. The molecule has 8 rings (SSSR count). The molecule has 1 atom stereocenters. The molecule has 5 aromatic rings. The summed E-state index contributed by atoms with van der Waals surface area (Å²) in [5, 5.41) is 0.409. The molecular weight excluding hydrogens is 647 g/mol. The minimum absolute atomic E-state index is 0.134. The zero-order valence-electron chi connectivity index (χ0n) is 26.9. The van der Waals surface area contributed by atoms with Gasteiger partial charge in [0.05, 0.1) is 31.4 Å². The van der Waals surface area contributed by atoms with Gasteiger partial charge in [-0.25, -0.2) is 34.9 Å². The Morgan fingerprint density at radius 2 is 1.47 bits per heavy atom. The van der Waals surface area contributed by atoms with Crippen molar-refractivity contribution in [2.24, 2.45) is 0 Å². The highest BCUT2D eigenvalue weighted by molar-refractivity contribution is 6.35. The normalized spacial score (nSPS) is 19.8. The lowest BCUT2D eigenvalue weighted by Gasteiger charge is -2.30. The SMILES string of the molecule is CC1(C)OCCn2c1nc1c(Cl)nc(Cl)nc12.COCC1CCCN1c1nc(-c2cnc(N)nc2)nc2c1nc1n2CCOC1(C)C. The second-order valence-electron chi connectivity index (χ2n) is 12.7. The second-order valence-corrected chi connectivity index (χ2v) is 13.4. The molecule has 47 heavy (non-hydrogen) atoms. The molecule has 3 aliphatic heterocycles. The van der Waals surface area contributed by atoms with Gasteiger partial charge in [0.15, 0.2) is 33.6 Å². The van der Waals surface area contributed by atoms with E-state index in [1.165, 1.54) is 0 Å². The Labute approximate surface area is 280 Å². The summed E-state index contributed by atoms with van der Waals surface area (Å²) in [6.45, 7) is 12.2. The number of hydrogen-bond donors (Lipinski definition) is 1. The predicted molar refractivity (Wildman–Crippen MR) is 176 cm³/mol. The Balaban J connectivity index is 0.000000174. The summed E-state index contributed by atoms with van der Waals surface area (Å²) < 4.78 is 21.3. The van der Waals surface area contributed by atoms with Gasteiger partial charge in [-0.1, -0.05) is 11.6 Å². The van der Waals surface area contributed by atoms with Crippen LogP contribution in [0.5, 0.6) is 0 Å². The van der Waals surface area contributed by atoms with Gasteiger partial charge in [-0.2, -0.15) is 4.98 Å². The number of nitrogens with zero attached hydrogens (tertiary/aromatic N) is 11. The highest BCUT2D eigenvalue weighted by Crippen LogP contribution is 2.37. The molecule has 0 aliphatic carbocycles. The van der Waals surface area contributed by atoms with Crippen LogP contribution in [0.2, 0.25) is 10.4 Å². The molecule has 2 N–H and O–H groups in total. The molecule has 1 saturated heterocycles. The van der Waals surface area contributed by atoms with Crippen molar-refractivity contribution in [1.82, 2.24) is 49.0 Å². The van der Waals surface area contributed by atoms with E-state index in [0.29, 0.717) is 49.9 Å². The van der Waals surface area contributed by atoms with Crippen LogP contribution in [0.3, 0.4) is 0 Å². The smallest absolute Gasteiger partial charge is 0.225 e. The van der Waals surface area contributed by atoms with Crippen LogP contribution in [0.15, 0.2) is 12.4 Å². The summed E-state index contributed by atoms with van der Waals surface area (Å²) in [5.74, 6) is 3.28. The van der Waals surface area contributed by atoms with E-state index in [1.807, 2.05) is 32.3 Å². The van der Waals surface area contributed by atoms with Gasteiger partial charge in [-0.05, 0) is 52.1 Å². The first-order chi connectivity index (χ1) is 22.5. The molecule has 0 amide bonds. The van der Waals surface area contributed by atoms with E-state index in [1.54, 1.807) is 19.5 Å². The third kappa shape index (κ3) is 5.73. The van der Waals surface area contributed by atoms with Gasteiger partial charge in [0.1, 0.15) is 28.4 Å². The van der Waals surface area contributed by atoms with Crippen molar-refractivity contribution < 1.29 is 14.2 Å². The lowest BCUT2D eigenvalue weighted by Crippen LogP contribution is -2.33. The van der Waals surface area contributed by atoms with Gasteiger partial charge < -0.3 is 34.0 Å². The number of fused-ring (bicyclic) bond motifs is 6. The maximum absolute atomic E-state index is 6.02. The molecule has 0 radical (unpaired) electrons. The van der Waals surface area contributed by atoms with Gasteiger partial charge in [-0.15, -0.1) is 0 Å². The molecule has 0 saturated carbocycles. The van der Waals surface area contributed by atoms with Crippen molar-refractivity contribution in [1.29, 1.82) is 0 Å². The van der Waals surface area contributed by atoms with Crippen LogP contribution in [0.1, 0.15) is 52.2 Å². The van der Waals surface area contributed by atoms with E-state index in [0.717, 1.165) is 53.6 Å². The highest BCUT2D eigenvalue weighted by Gasteiger charge is 2.36. The molecule has 1 unspecified atom stereocenters. The Morgan fingerprint density at radius 3 is 2.11 bits per heavy atom. The minimum atomic E-state index is -0.488. The van der Waals surface area contributed by atoms with E-state index in [2.05, 4.69) is 34.4 Å². The molecule has 5 aromatic heterocycles. The summed E-state index contributed by atoms with van der Waals surface area (Å²) in [5.41, 5.74) is 8.29. The van der Waals surface area contributed by atoms with E-state index in [9.17, 15) is 0 Å². The van der Waals surface area contributed by atoms with Gasteiger partial charge in [0.25, 0.3) is 0 Å². The average Bonchev–Trinajstić information content (AvgIpc) is 3.75. The van der Waals surface area contributed by atoms with Crippen LogP contribution in [0, 0.1) is 0 Å². The van der Waals surface area contributed by atoms with Crippen molar-refractivity contribution in [2.45, 2.75) is 70.9 Å². The van der Waals surface area contributed by atoms with E-state index < -0.39 is 11.2 Å². The van der Waals surface area contributed by atoms with E-state index >= 15 is 0 Å². The number of ether oxygens (including phenoxy) is 3. The van der Waals surface area contributed by atoms with Crippen molar-refractivity contribution in [3.8, 4) is 11.4 Å². The fraction of sp³-hybridized carbons (Fsp3) is 0.533. The van der Waals surface area contributed by atoms with Crippen molar-refractivity contribution in [2.75, 3.05) is 44.1 Å². The Hall–Kier alpha value is -3.76. The average molecular weight is 684 g/mol. The van der Waals surface area contributed by atoms with Gasteiger partial charge >= 0.3 is 0 Å². The second kappa shape index (κ2) is 12.0. The lowest BCUT2D eigenvalue weighted by molar-refractivity contribution is -0.0532. The quantitative estimate of drug-likeness (QED) is 0.212. The highest BCUT2D eigenvalue weighted by atomic mass is 35.5. The Morgan fingerprint density at radius 1 is 0.851 bits per heavy atom. The third-order valence-corrected chi connectivity index (χ3v) is 9.10. The third-order valence-electron chi connectivity index (χ3n) is 8.67. The number of rotatable bonds is 4. The van der Waals surface area contributed by atoms with Crippen LogP contribution in [-0.4, -0.2) is 88.5 Å². The number of nitrogen functional groups attached to an aromatic ring is 1. The maximum atomic E-state index is 6.02. The summed E-state index contributed by atoms with van der Waals surface area (Å²) >= 11 is 11.8. The first-order valence-electron chi connectivity index (χ1n) is 15.5. The molecular formula is C30H36Cl2N12O3. The number of hydrogen-bond acceptors (Lipinski definition) is 13. The molecule has 248 valence electrons. The number of nitrogens with two attached hydrogens (primary N) is 1. The van der Waals surface area contributed by atoms with Crippen molar-refractivity contribution in [3.05, 3.63) is 34.5 Å². The largest absolute Gasteiger partial charge is 0.383 e. The number of halogens is 2. The first kappa shape index (κ1) is 31.8. The van der Waals surface area contributed by atoms with Gasteiger partial charge in [-0.3, -0.25) is 0 Å². The molecule has 0 spiro atoms. The molecule has 8 heterocycles. The monoisotopic (exact) mass is 682 g/mol. The summed E-state index contributed by atoms with van der Waals surface area (Å²) in [7, 11) is 1.73. The maximum Gasteiger partial charge on any atom is 0.225 e. The molecule has 0 bridgehead atoms.